The topological polar surface area (TPSA) is 56.8 Å². The van der Waals surface area contributed by atoms with Gasteiger partial charge in [0.15, 0.2) is 0 Å². The van der Waals surface area contributed by atoms with Crippen molar-refractivity contribution < 1.29 is 9.59 Å². The maximum absolute atomic E-state index is 12.4. The molecule has 1 aliphatic heterocycles. The molecule has 2 heterocycles. The maximum atomic E-state index is 12.4. The number of nitrogens with zero attached hydrogens (tertiary/aromatic N) is 4. The normalized spacial score (nSPS) is 18.8. The van der Waals surface area contributed by atoms with Gasteiger partial charge in [-0.3, -0.25) is 4.79 Å². The Balaban J connectivity index is 1.62. The molecule has 1 aromatic heterocycles. The van der Waals surface area contributed by atoms with E-state index in [0.29, 0.717) is 25.7 Å². The number of aromatic nitrogens is 1. The van der Waals surface area contributed by atoms with Gasteiger partial charge in [-0.25, -0.2) is 9.78 Å². The highest BCUT2D eigenvalue weighted by molar-refractivity contribution is 7.09. The average molecular weight is 294 g/mol. The van der Waals surface area contributed by atoms with Crippen molar-refractivity contribution >= 4 is 23.3 Å². The summed E-state index contributed by atoms with van der Waals surface area (Å²) in [7, 11) is 1.76. The van der Waals surface area contributed by atoms with Gasteiger partial charge in [-0.15, -0.1) is 11.3 Å². The van der Waals surface area contributed by atoms with Crippen LogP contribution in [0.25, 0.3) is 0 Å². The second-order valence-corrected chi connectivity index (χ2v) is 6.28. The van der Waals surface area contributed by atoms with E-state index in [1.54, 1.807) is 34.4 Å². The summed E-state index contributed by atoms with van der Waals surface area (Å²) in [6.07, 6.45) is 3.88. The molecule has 0 unspecified atom stereocenters. The fourth-order valence-electron chi connectivity index (χ4n) is 2.39. The van der Waals surface area contributed by atoms with Crippen LogP contribution in [0.5, 0.6) is 0 Å². The lowest BCUT2D eigenvalue weighted by Crippen LogP contribution is -2.42. The molecule has 0 radical (unpaired) electrons. The number of urea groups is 1. The van der Waals surface area contributed by atoms with Crippen molar-refractivity contribution in [3.8, 4) is 0 Å². The highest BCUT2D eigenvalue weighted by atomic mass is 32.1. The van der Waals surface area contributed by atoms with E-state index in [2.05, 4.69) is 4.98 Å². The summed E-state index contributed by atoms with van der Waals surface area (Å²) in [6.45, 7) is 2.09. The van der Waals surface area contributed by atoms with Gasteiger partial charge in [0.25, 0.3) is 0 Å². The Bertz CT molecular complexity index is 500. The summed E-state index contributed by atoms with van der Waals surface area (Å²) in [6, 6.07) is 0.283. The van der Waals surface area contributed by atoms with Crippen LogP contribution in [0.4, 0.5) is 4.79 Å². The van der Waals surface area contributed by atoms with Crippen molar-refractivity contribution in [3.63, 3.8) is 0 Å². The second kappa shape index (κ2) is 5.40. The molecule has 0 atom stereocenters. The molecule has 0 bridgehead atoms. The number of rotatable bonds is 5. The molecule has 3 rings (SSSR count). The number of carbonyl (C=O) groups is 2. The van der Waals surface area contributed by atoms with E-state index in [9.17, 15) is 9.59 Å². The molecule has 1 saturated heterocycles. The molecule has 108 valence electrons. The first-order chi connectivity index (χ1) is 9.65. The molecule has 2 aliphatic rings. The first-order valence-electron chi connectivity index (χ1n) is 6.83. The molecule has 0 aromatic carbocycles. The van der Waals surface area contributed by atoms with Crippen molar-refractivity contribution in [2.45, 2.75) is 25.4 Å². The third-order valence-electron chi connectivity index (χ3n) is 3.73. The maximum Gasteiger partial charge on any atom is 0.320 e. The molecule has 6 nitrogen and oxygen atoms in total. The summed E-state index contributed by atoms with van der Waals surface area (Å²) in [5, 5.41) is 2.87. The van der Waals surface area contributed by atoms with Crippen molar-refractivity contribution in [1.29, 1.82) is 0 Å². The number of amides is 3. The van der Waals surface area contributed by atoms with Crippen LogP contribution in [-0.2, 0) is 11.3 Å². The zero-order chi connectivity index (χ0) is 14.1. The smallest absolute Gasteiger partial charge is 0.320 e. The minimum absolute atomic E-state index is 0.0337. The van der Waals surface area contributed by atoms with Gasteiger partial charge in [-0.2, -0.15) is 0 Å². The molecule has 1 saturated carbocycles. The van der Waals surface area contributed by atoms with Gasteiger partial charge < -0.3 is 14.7 Å². The van der Waals surface area contributed by atoms with E-state index in [-0.39, 0.29) is 18.5 Å². The van der Waals surface area contributed by atoms with Gasteiger partial charge >= 0.3 is 6.03 Å². The third kappa shape index (κ3) is 2.77. The highest BCUT2D eigenvalue weighted by Gasteiger charge is 2.35. The Kier molecular flexibility index (Phi) is 3.60. The van der Waals surface area contributed by atoms with E-state index in [4.69, 9.17) is 0 Å². The summed E-state index contributed by atoms with van der Waals surface area (Å²) in [5.74, 6) is 0.0337. The Morgan fingerprint density at radius 3 is 2.85 bits per heavy atom. The quantitative estimate of drug-likeness (QED) is 0.814. The Labute approximate surface area is 122 Å². The van der Waals surface area contributed by atoms with Crippen molar-refractivity contribution in [2.75, 3.05) is 26.7 Å². The van der Waals surface area contributed by atoms with Gasteiger partial charge in [-0.1, -0.05) is 0 Å². The lowest BCUT2D eigenvalue weighted by Gasteiger charge is -2.24. The van der Waals surface area contributed by atoms with Crippen molar-refractivity contribution in [2.24, 2.45) is 0 Å². The molecule has 1 aromatic rings. The average Bonchev–Trinajstić information content (AvgIpc) is 3.06. The second-order valence-electron chi connectivity index (χ2n) is 5.30. The molecule has 0 N–H and O–H groups in total. The molecule has 1 aliphatic carbocycles. The zero-order valence-electron chi connectivity index (χ0n) is 11.5. The summed E-state index contributed by atoms with van der Waals surface area (Å²) in [5.41, 5.74) is 0. The standard InChI is InChI=1S/C13H18N4O2S/c1-15-5-6-16(13(15)19)9-12(18)17(10-2-3-10)8-11-14-4-7-20-11/h4,7,10H,2-3,5-6,8-9H2,1H3. The lowest BCUT2D eigenvalue weighted by atomic mass is 10.4. The SMILES string of the molecule is CN1CCN(CC(=O)N(Cc2nccs2)C2CC2)C1=O. The first-order valence-corrected chi connectivity index (χ1v) is 7.71. The summed E-state index contributed by atoms with van der Waals surface area (Å²) >= 11 is 1.56. The van der Waals surface area contributed by atoms with E-state index in [0.717, 1.165) is 17.8 Å². The largest absolute Gasteiger partial charge is 0.331 e. The van der Waals surface area contributed by atoms with Crippen LogP contribution in [0.2, 0.25) is 0 Å². The van der Waals surface area contributed by atoms with Gasteiger partial charge in [0, 0.05) is 37.8 Å². The molecule has 0 spiro atoms. The Morgan fingerprint density at radius 1 is 1.50 bits per heavy atom. The van der Waals surface area contributed by atoms with Gasteiger partial charge in [-0.05, 0) is 12.8 Å². The van der Waals surface area contributed by atoms with Gasteiger partial charge in [0.05, 0.1) is 6.54 Å². The number of carbonyl (C=O) groups excluding carboxylic acids is 2. The predicted molar refractivity (Wildman–Crippen MR) is 75.3 cm³/mol. The van der Waals surface area contributed by atoms with Crippen LogP contribution in [0.1, 0.15) is 17.8 Å². The van der Waals surface area contributed by atoms with E-state index in [1.807, 2.05) is 10.3 Å². The van der Waals surface area contributed by atoms with E-state index < -0.39 is 0 Å². The zero-order valence-corrected chi connectivity index (χ0v) is 12.3. The van der Waals surface area contributed by atoms with Crippen molar-refractivity contribution in [3.05, 3.63) is 16.6 Å². The molecular weight excluding hydrogens is 276 g/mol. The predicted octanol–water partition coefficient (Wildman–Crippen LogP) is 1.00. The molecule has 7 heteroatoms. The van der Waals surface area contributed by atoms with Gasteiger partial charge in [0.1, 0.15) is 11.6 Å². The molecule has 3 amide bonds. The fourth-order valence-corrected chi connectivity index (χ4v) is 3.00. The Hall–Kier alpha value is -1.63. The molecule has 20 heavy (non-hydrogen) atoms. The number of hydrogen-bond acceptors (Lipinski definition) is 4. The number of hydrogen-bond donors (Lipinski definition) is 0. The van der Waals surface area contributed by atoms with Crippen LogP contribution in [0, 0.1) is 0 Å². The van der Waals surface area contributed by atoms with Crippen LogP contribution < -0.4 is 0 Å². The van der Waals surface area contributed by atoms with Crippen LogP contribution >= 0.6 is 11.3 Å². The number of likely N-dealkylation sites (N-methyl/N-ethyl adjacent to an activating group) is 1. The van der Waals surface area contributed by atoms with Crippen LogP contribution in [-0.4, -0.2) is 64.3 Å². The Morgan fingerprint density at radius 2 is 2.30 bits per heavy atom. The van der Waals surface area contributed by atoms with Gasteiger partial charge in [0.2, 0.25) is 5.91 Å². The minimum Gasteiger partial charge on any atom is -0.331 e. The van der Waals surface area contributed by atoms with Crippen LogP contribution in [0.3, 0.4) is 0 Å². The fraction of sp³-hybridized carbons (Fsp3) is 0.615. The minimum atomic E-state index is -0.0525. The highest BCUT2D eigenvalue weighted by Crippen LogP contribution is 2.29. The van der Waals surface area contributed by atoms with E-state index >= 15 is 0 Å². The third-order valence-corrected chi connectivity index (χ3v) is 4.49. The van der Waals surface area contributed by atoms with E-state index in [1.165, 1.54) is 0 Å². The summed E-state index contributed by atoms with van der Waals surface area (Å²) < 4.78 is 0. The van der Waals surface area contributed by atoms with Crippen molar-refractivity contribution in [1.82, 2.24) is 19.7 Å². The molecular formula is C13H18N4O2S. The molecule has 2 fully saturated rings. The van der Waals surface area contributed by atoms with Crippen LogP contribution in [0.15, 0.2) is 11.6 Å². The number of thiazole rings is 1. The first kappa shape index (κ1) is 13.4. The lowest BCUT2D eigenvalue weighted by molar-refractivity contribution is -0.132. The monoisotopic (exact) mass is 294 g/mol. The summed E-state index contributed by atoms with van der Waals surface area (Å²) in [4.78, 5) is 33.7.